The molecule has 5 rings (SSSR count). The number of carboxylic acid groups (broad SMARTS) is 2. The highest BCUT2D eigenvalue weighted by molar-refractivity contribution is 5.98. The molecule has 7 amide bonds. The molecule has 77 heavy (non-hydrogen) atoms. The lowest BCUT2D eigenvalue weighted by atomic mass is 9.95. The number of likely N-dealkylation sites (tertiary alicyclic amines) is 1. The molecule has 1 fully saturated rings. The zero-order valence-electron chi connectivity index (χ0n) is 43.6. The molecular formula is C52H72N14O11. The maximum absolute atomic E-state index is 14.8. The number of aromatic amines is 2. The van der Waals surface area contributed by atoms with E-state index in [-0.39, 0.29) is 57.6 Å². The van der Waals surface area contributed by atoms with Gasteiger partial charge in [-0.1, -0.05) is 76.6 Å². The molecule has 0 spiro atoms. The fourth-order valence-corrected chi connectivity index (χ4v) is 8.99. The molecule has 25 heteroatoms. The summed E-state index contributed by atoms with van der Waals surface area (Å²) in [5.41, 5.74) is 19.2. The minimum atomic E-state index is -1.50. The van der Waals surface area contributed by atoms with Crippen LogP contribution in [0.5, 0.6) is 0 Å². The quantitative estimate of drug-likeness (QED) is 0.0185. The molecule has 9 atom stereocenters. The summed E-state index contributed by atoms with van der Waals surface area (Å²) < 4.78 is 0. The van der Waals surface area contributed by atoms with E-state index in [2.05, 4.69) is 51.8 Å². The molecule has 25 nitrogen and oxygen atoms in total. The molecule has 0 radical (unpaired) electrons. The summed E-state index contributed by atoms with van der Waals surface area (Å²) in [7, 11) is 0. The van der Waals surface area contributed by atoms with Gasteiger partial charge in [0.25, 0.3) is 0 Å². The predicted octanol–water partition coefficient (Wildman–Crippen LogP) is -0.539. The van der Waals surface area contributed by atoms with Crippen LogP contribution in [0.3, 0.4) is 0 Å². The van der Waals surface area contributed by atoms with E-state index in [0.717, 1.165) is 10.9 Å². The Kier molecular flexibility index (Phi) is 22.0. The van der Waals surface area contributed by atoms with Crippen LogP contribution in [0.15, 0.2) is 78.3 Å². The van der Waals surface area contributed by atoms with E-state index < -0.39 is 120 Å². The minimum Gasteiger partial charge on any atom is -0.481 e. The number of hydrogen-bond acceptors (Lipinski definition) is 12. The zero-order valence-corrected chi connectivity index (χ0v) is 43.6. The van der Waals surface area contributed by atoms with Crippen LogP contribution in [0.1, 0.15) is 83.0 Å². The van der Waals surface area contributed by atoms with Crippen LogP contribution in [0.2, 0.25) is 0 Å². The monoisotopic (exact) mass is 1070 g/mol. The molecule has 0 saturated carbocycles. The maximum Gasteiger partial charge on any atom is 0.326 e. The van der Waals surface area contributed by atoms with E-state index in [1.165, 1.54) is 17.4 Å². The Labute approximate surface area is 445 Å². The molecule has 1 saturated heterocycles. The second-order valence-corrected chi connectivity index (χ2v) is 19.6. The van der Waals surface area contributed by atoms with Crippen molar-refractivity contribution in [3.63, 3.8) is 0 Å². The number of aliphatic carboxylic acids is 2. The Morgan fingerprint density at radius 2 is 1.43 bits per heavy atom. The van der Waals surface area contributed by atoms with Crippen molar-refractivity contribution in [1.82, 2.24) is 51.8 Å². The van der Waals surface area contributed by atoms with Crippen molar-refractivity contribution in [2.45, 2.75) is 134 Å². The second-order valence-electron chi connectivity index (χ2n) is 19.6. The fourth-order valence-electron chi connectivity index (χ4n) is 8.99. The smallest absolute Gasteiger partial charge is 0.326 e. The molecule has 2 aromatic carbocycles. The van der Waals surface area contributed by atoms with Crippen molar-refractivity contribution in [2.75, 3.05) is 13.1 Å². The summed E-state index contributed by atoms with van der Waals surface area (Å²) in [5, 5.41) is 36.2. The number of nitrogens with zero attached hydrogens (tertiary/aromatic N) is 3. The summed E-state index contributed by atoms with van der Waals surface area (Å²) in [4.78, 5) is 138. The van der Waals surface area contributed by atoms with Crippen LogP contribution < -0.4 is 49.1 Å². The molecule has 416 valence electrons. The number of amides is 7. The second kappa shape index (κ2) is 28.5. The number of benzene rings is 2. The van der Waals surface area contributed by atoms with Gasteiger partial charge < -0.3 is 74.2 Å². The molecular weight excluding hydrogens is 997 g/mol. The average Bonchev–Trinajstić information content (AvgIpc) is 4.21. The number of H-pyrrole nitrogens is 2. The van der Waals surface area contributed by atoms with Crippen molar-refractivity contribution < 1.29 is 53.4 Å². The first-order valence-electron chi connectivity index (χ1n) is 25.6. The van der Waals surface area contributed by atoms with E-state index in [1.807, 2.05) is 6.07 Å². The molecule has 16 N–H and O–H groups in total. The largest absolute Gasteiger partial charge is 0.481 e. The third-order valence-corrected chi connectivity index (χ3v) is 13.4. The first kappa shape index (κ1) is 59.5. The Hall–Kier alpha value is -8.35. The van der Waals surface area contributed by atoms with Gasteiger partial charge in [-0.2, -0.15) is 0 Å². The van der Waals surface area contributed by atoms with Crippen LogP contribution in [-0.2, 0) is 62.4 Å². The molecule has 1 aliphatic rings. The highest BCUT2D eigenvalue weighted by Gasteiger charge is 2.41. The Morgan fingerprint density at radius 1 is 0.753 bits per heavy atom. The number of aliphatic imine (C=N–C) groups is 1. The third kappa shape index (κ3) is 17.3. The molecule has 3 heterocycles. The summed E-state index contributed by atoms with van der Waals surface area (Å²) in [6.45, 7) is 7.03. The van der Waals surface area contributed by atoms with Crippen molar-refractivity contribution in [1.29, 1.82) is 0 Å². The SMILES string of the molecule is CC[C@H](C)[C@H](NC(=O)[C@H](Cc1cccc2[nH]ccc12)NC(=O)[C@@H](NC(=O)[C@H](CCCN=C(N)N)NC(=O)[C@@H](N)CC(=O)O)C(C)C)C(=O)N[C@@H](Cc1cnc[nH]1)C(=O)N1CCC[C@H]1C(=O)N[C@@H](Cc1ccccc1)C(=O)O. The van der Waals surface area contributed by atoms with Crippen LogP contribution in [0.25, 0.3) is 10.9 Å². The lowest BCUT2D eigenvalue weighted by molar-refractivity contribution is -0.145. The number of imidazole rings is 1. The molecule has 0 unspecified atom stereocenters. The van der Waals surface area contributed by atoms with Gasteiger partial charge in [0.2, 0.25) is 41.4 Å². The molecule has 0 bridgehead atoms. The van der Waals surface area contributed by atoms with E-state index >= 15 is 0 Å². The number of hydrogen-bond donors (Lipinski definition) is 13. The summed E-state index contributed by atoms with van der Waals surface area (Å²) in [6.07, 6.45) is 4.83. The summed E-state index contributed by atoms with van der Waals surface area (Å²) in [5.74, 6) is -9.33. The highest BCUT2D eigenvalue weighted by Crippen LogP contribution is 2.22. The van der Waals surface area contributed by atoms with Crippen molar-refractivity contribution in [3.05, 3.63) is 90.1 Å². The minimum absolute atomic E-state index is 0.00470. The van der Waals surface area contributed by atoms with Crippen LogP contribution in [-0.4, -0.2) is 151 Å². The number of nitrogens with two attached hydrogens (primary N) is 3. The third-order valence-electron chi connectivity index (χ3n) is 13.4. The summed E-state index contributed by atoms with van der Waals surface area (Å²) in [6, 6.07) is 5.50. The van der Waals surface area contributed by atoms with Gasteiger partial charge in [-0.15, -0.1) is 0 Å². The number of carbonyl (C=O) groups is 9. The number of fused-ring (bicyclic) bond motifs is 1. The number of carbonyl (C=O) groups excluding carboxylic acids is 7. The number of nitrogens with one attached hydrogen (secondary N) is 8. The van der Waals surface area contributed by atoms with Gasteiger partial charge in [0, 0.05) is 61.3 Å². The van der Waals surface area contributed by atoms with Gasteiger partial charge in [-0.05, 0) is 60.8 Å². The fraction of sp³-hybridized carbons (Fsp3) is 0.481. The van der Waals surface area contributed by atoms with Crippen molar-refractivity contribution in [3.8, 4) is 0 Å². The van der Waals surface area contributed by atoms with Gasteiger partial charge in [0.05, 0.1) is 18.8 Å². The van der Waals surface area contributed by atoms with Gasteiger partial charge in [-0.25, -0.2) is 9.78 Å². The van der Waals surface area contributed by atoms with Crippen molar-refractivity contribution in [2.24, 2.45) is 34.0 Å². The van der Waals surface area contributed by atoms with Crippen molar-refractivity contribution >= 4 is 70.2 Å². The molecule has 1 aliphatic heterocycles. The van der Waals surface area contributed by atoms with Gasteiger partial charge in [0.15, 0.2) is 5.96 Å². The normalized spacial score (nSPS) is 16.3. The Balaban J connectivity index is 1.40. The Bertz CT molecular complexity index is 2710. The van der Waals surface area contributed by atoms with E-state index in [4.69, 9.17) is 17.2 Å². The zero-order chi connectivity index (χ0) is 56.3. The molecule has 2 aromatic heterocycles. The number of guanidine groups is 1. The van der Waals surface area contributed by atoms with Gasteiger partial charge >= 0.3 is 11.9 Å². The standard InChI is InChI=1S/C52H72N14O11/c1-5-29(4)43(49(74)62-38(24-32-26-56-27-59-32)50(75)66-21-11-17-40(66)47(72)63-39(51(76)77)22-30-12-7-6-8-13-30)65-46(71)37(23-31-14-9-15-35-33(31)18-20-57-35)61-48(73)42(28(2)3)64-45(70)36(16-10-19-58-52(54)55)60-44(69)34(53)25-41(67)68/h6-9,12-15,18,20,26-29,34,36-40,42-43,57H,5,10-11,16-17,19,21-25,53H2,1-4H3,(H,56,59)(H,60,69)(H,61,73)(H,62,74)(H,63,72)(H,64,70)(H,65,71)(H,67,68)(H,76,77)(H4,54,55,58)/t29-,34-,36-,37-,38-,39-,40-,42-,43-/m0/s1. The van der Waals surface area contributed by atoms with Crippen LogP contribution >= 0.6 is 0 Å². The summed E-state index contributed by atoms with van der Waals surface area (Å²) >= 11 is 0. The van der Waals surface area contributed by atoms with E-state index in [1.54, 1.807) is 82.4 Å². The lowest BCUT2D eigenvalue weighted by Gasteiger charge is -2.32. The van der Waals surface area contributed by atoms with E-state index in [0.29, 0.717) is 29.7 Å². The molecule has 4 aromatic rings. The van der Waals surface area contributed by atoms with Crippen LogP contribution in [0.4, 0.5) is 0 Å². The topological polar surface area (TPSA) is 404 Å². The highest BCUT2D eigenvalue weighted by atomic mass is 16.4. The average molecular weight is 1070 g/mol. The van der Waals surface area contributed by atoms with Gasteiger partial charge in [-0.3, -0.25) is 43.3 Å². The van der Waals surface area contributed by atoms with Gasteiger partial charge in [0.1, 0.15) is 42.3 Å². The molecule has 0 aliphatic carbocycles. The first-order chi connectivity index (χ1) is 36.7. The number of rotatable bonds is 29. The lowest BCUT2D eigenvalue weighted by Crippen LogP contribution is -2.62. The predicted molar refractivity (Wildman–Crippen MR) is 283 cm³/mol. The number of carboxylic acids is 2. The number of aromatic nitrogens is 3. The first-order valence-corrected chi connectivity index (χ1v) is 25.6. The van der Waals surface area contributed by atoms with E-state index in [9.17, 15) is 53.4 Å². The Morgan fingerprint density at radius 3 is 2.08 bits per heavy atom. The maximum atomic E-state index is 14.8. The van der Waals surface area contributed by atoms with Crippen LogP contribution in [0, 0.1) is 11.8 Å².